The van der Waals surface area contributed by atoms with Gasteiger partial charge in [0, 0.05) is 0 Å². The molecule has 0 saturated heterocycles. The maximum Gasteiger partial charge on any atom is 0.169 e. The van der Waals surface area contributed by atoms with E-state index < -0.39 is 0 Å². The lowest BCUT2D eigenvalue weighted by Gasteiger charge is -2.15. The SMILES string of the molecule is c1ccc2c(c1)OCCOCCOCCOCCOCCOCCOc1ccccc1O2. The summed E-state index contributed by atoms with van der Waals surface area (Å²) >= 11 is 0. The average molecular weight is 449 g/mol. The van der Waals surface area contributed by atoms with Gasteiger partial charge in [-0.3, -0.25) is 0 Å². The van der Waals surface area contributed by atoms with Crippen LogP contribution in [0.25, 0.3) is 0 Å². The molecule has 1 heterocycles. The number of para-hydroxylation sites is 4. The smallest absolute Gasteiger partial charge is 0.169 e. The molecule has 0 spiro atoms. The molecular formula is C24H32O8. The van der Waals surface area contributed by atoms with Gasteiger partial charge in [0.15, 0.2) is 23.0 Å². The van der Waals surface area contributed by atoms with Gasteiger partial charge in [0.2, 0.25) is 0 Å². The van der Waals surface area contributed by atoms with Crippen molar-refractivity contribution in [1.82, 2.24) is 0 Å². The van der Waals surface area contributed by atoms with Gasteiger partial charge in [0.1, 0.15) is 13.2 Å². The zero-order chi connectivity index (χ0) is 22.1. The van der Waals surface area contributed by atoms with Crippen LogP contribution in [0.5, 0.6) is 23.0 Å². The second-order valence-corrected chi connectivity index (χ2v) is 6.75. The molecule has 0 fully saturated rings. The van der Waals surface area contributed by atoms with Crippen LogP contribution in [-0.4, -0.2) is 79.3 Å². The molecule has 3 rings (SSSR count). The normalized spacial score (nSPS) is 18.5. The number of hydrogen-bond acceptors (Lipinski definition) is 8. The molecule has 0 unspecified atom stereocenters. The quantitative estimate of drug-likeness (QED) is 0.608. The summed E-state index contributed by atoms with van der Waals surface area (Å²) in [5.74, 6) is 2.48. The number of hydrogen-bond donors (Lipinski definition) is 0. The Kier molecular flexibility index (Phi) is 11.7. The van der Waals surface area contributed by atoms with Crippen LogP contribution < -0.4 is 14.2 Å². The summed E-state index contributed by atoms with van der Waals surface area (Å²) < 4.78 is 45.3. The van der Waals surface area contributed by atoms with Crippen molar-refractivity contribution < 1.29 is 37.9 Å². The van der Waals surface area contributed by atoms with E-state index in [4.69, 9.17) is 37.9 Å². The molecule has 0 amide bonds. The van der Waals surface area contributed by atoms with E-state index >= 15 is 0 Å². The van der Waals surface area contributed by atoms with E-state index in [1.807, 2.05) is 48.5 Å². The van der Waals surface area contributed by atoms with E-state index in [0.717, 1.165) is 0 Å². The Bertz CT molecular complexity index is 693. The molecule has 8 nitrogen and oxygen atoms in total. The number of benzene rings is 2. The Morgan fingerprint density at radius 1 is 0.344 bits per heavy atom. The van der Waals surface area contributed by atoms with Crippen molar-refractivity contribution in [3.8, 4) is 23.0 Å². The van der Waals surface area contributed by atoms with Crippen molar-refractivity contribution >= 4 is 0 Å². The van der Waals surface area contributed by atoms with Gasteiger partial charge >= 0.3 is 0 Å². The summed E-state index contributed by atoms with van der Waals surface area (Å²) in [6, 6.07) is 15.0. The van der Waals surface area contributed by atoms with Gasteiger partial charge in [0.25, 0.3) is 0 Å². The van der Waals surface area contributed by atoms with Crippen LogP contribution in [0.2, 0.25) is 0 Å². The highest BCUT2D eigenvalue weighted by atomic mass is 16.6. The summed E-state index contributed by atoms with van der Waals surface area (Å²) in [6.07, 6.45) is 0. The van der Waals surface area contributed by atoms with Gasteiger partial charge in [-0.05, 0) is 24.3 Å². The molecule has 1 aliphatic rings. The molecule has 0 saturated carbocycles. The van der Waals surface area contributed by atoms with Gasteiger partial charge in [-0.2, -0.15) is 0 Å². The fourth-order valence-corrected chi connectivity index (χ4v) is 2.83. The Morgan fingerprint density at radius 3 is 0.969 bits per heavy atom. The van der Waals surface area contributed by atoms with Gasteiger partial charge in [-0.1, -0.05) is 24.3 Å². The molecule has 0 aliphatic carbocycles. The largest absolute Gasteiger partial charge is 0.487 e. The molecule has 0 atom stereocenters. The number of ether oxygens (including phenoxy) is 8. The average Bonchev–Trinajstić information content (AvgIpc) is 2.82. The van der Waals surface area contributed by atoms with Crippen molar-refractivity contribution in [2.45, 2.75) is 0 Å². The minimum Gasteiger partial charge on any atom is -0.487 e. The van der Waals surface area contributed by atoms with Crippen molar-refractivity contribution in [2.75, 3.05) is 79.3 Å². The van der Waals surface area contributed by atoms with Crippen molar-refractivity contribution in [1.29, 1.82) is 0 Å². The Morgan fingerprint density at radius 2 is 0.625 bits per heavy atom. The predicted molar refractivity (Wildman–Crippen MR) is 118 cm³/mol. The Hall–Kier alpha value is -2.36. The lowest BCUT2D eigenvalue weighted by molar-refractivity contribution is -0.0143. The number of rotatable bonds is 0. The first-order valence-corrected chi connectivity index (χ1v) is 10.9. The maximum absolute atomic E-state index is 6.10. The monoisotopic (exact) mass is 448 g/mol. The van der Waals surface area contributed by atoms with Crippen LogP contribution in [0.1, 0.15) is 0 Å². The van der Waals surface area contributed by atoms with Gasteiger partial charge in [-0.15, -0.1) is 0 Å². The van der Waals surface area contributed by atoms with E-state index in [0.29, 0.717) is 102 Å². The minimum atomic E-state index is 0.402. The molecule has 1 aliphatic heterocycles. The first-order chi connectivity index (χ1) is 15.9. The summed E-state index contributed by atoms with van der Waals surface area (Å²) in [5, 5.41) is 0. The first-order valence-electron chi connectivity index (χ1n) is 10.9. The van der Waals surface area contributed by atoms with E-state index in [2.05, 4.69) is 0 Å². The van der Waals surface area contributed by atoms with Crippen molar-refractivity contribution in [2.24, 2.45) is 0 Å². The van der Waals surface area contributed by atoms with Gasteiger partial charge in [-0.25, -0.2) is 0 Å². The minimum absolute atomic E-state index is 0.402. The predicted octanol–water partition coefficient (Wildman–Crippen LogP) is 3.33. The zero-order valence-corrected chi connectivity index (χ0v) is 18.4. The van der Waals surface area contributed by atoms with E-state index in [1.54, 1.807) is 0 Å². The third-order valence-electron chi connectivity index (χ3n) is 4.38. The fraction of sp³-hybridized carbons (Fsp3) is 0.500. The molecule has 0 N–H and O–H groups in total. The highest BCUT2D eigenvalue weighted by Crippen LogP contribution is 2.36. The van der Waals surface area contributed by atoms with Crippen LogP contribution in [0.15, 0.2) is 48.5 Å². The van der Waals surface area contributed by atoms with E-state index in [-0.39, 0.29) is 0 Å². The molecule has 0 radical (unpaired) electrons. The van der Waals surface area contributed by atoms with Crippen LogP contribution in [0.3, 0.4) is 0 Å². The lowest BCUT2D eigenvalue weighted by atomic mass is 10.3. The van der Waals surface area contributed by atoms with Gasteiger partial charge in [0.05, 0.1) is 66.1 Å². The molecule has 0 aromatic heterocycles. The van der Waals surface area contributed by atoms with Gasteiger partial charge < -0.3 is 37.9 Å². The second-order valence-electron chi connectivity index (χ2n) is 6.75. The lowest BCUT2D eigenvalue weighted by Crippen LogP contribution is -2.15. The summed E-state index contributed by atoms with van der Waals surface area (Å²) in [7, 11) is 0. The van der Waals surface area contributed by atoms with E-state index in [9.17, 15) is 0 Å². The molecule has 0 bridgehead atoms. The van der Waals surface area contributed by atoms with Crippen LogP contribution >= 0.6 is 0 Å². The van der Waals surface area contributed by atoms with Crippen LogP contribution in [0.4, 0.5) is 0 Å². The first kappa shape index (κ1) is 24.3. The standard InChI is InChI=1S/C24H32O8/c1-3-7-23-21(5-1)30-19-17-28-15-13-26-11-9-25-10-12-27-14-16-29-18-20-31-22-6-2-4-8-24(22)32-23/h1-8H,9-20H2. The highest BCUT2D eigenvalue weighted by molar-refractivity contribution is 5.47. The summed E-state index contributed by atoms with van der Waals surface area (Å²) in [4.78, 5) is 0. The zero-order valence-electron chi connectivity index (χ0n) is 18.4. The summed E-state index contributed by atoms with van der Waals surface area (Å²) in [5.41, 5.74) is 0. The fourth-order valence-electron chi connectivity index (χ4n) is 2.83. The molecule has 2 aromatic rings. The third-order valence-corrected chi connectivity index (χ3v) is 4.38. The Labute approximate surface area is 189 Å². The van der Waals surface area contributed by atoms with Crippen LogP contribution in [-0.2, 0) is 23.7 Å². The van der Waals surface area contributed by atoms with Crippen molar-refractivity contribution in [3.63, 3.8) is 0 Å². The molecule has 2 aromatic carbocycles. The highest BCUT2D eigenvalue weighted by Gasteiger charge is 2.10. The maximum atomic E-state index is 6.10. The van der Waals surface area contributed by atoms with Crippen molar-refractivity contribution in [3.05, 3.63) is 48.5 Å². The third kappa shape index (κ3) is 9.42. The molecule has 8 heteroatoms. The molecule has 176 valence electrons. The number of fused-ring (bicyclic) bond motifs is 2. The van der Waals surface area contributed by atoms with E-state index in [1.165, 1.54) is 0 Å². The van der Waals surface area contributed by atoms with Crippen LogP contribution in [0, 0.1) is 0 Å². The molecular weight excluding hydrogens is 416 g/mol. The summed E-state index contributed by atoms with van der Waals surface area (Å²) in [6.45, 7) is 5.81. The Balaban J connectivity index is 1.56. The molecule has 32 heavy (non-hydrogen) atoms. The second kappa shape index (κ2) is 15.4. The topological polar surface area (TPSA) is 73.8 Å².